The van der Waals surface area contributed by atoms with E-state index in [0.717, 1.165) is 13.0 Å². The number of hydrogen-bond acceptors (Lipinski definition) is 6. The Hall–Kier alpha value is -3.41. The molecule has 1 N–H and O–H groups in total. The highest BCUT2D eigenvalue weighted by atomic mass is 35.5. The first-order valence-electron chi connectivity index (χ1n) is 10.5. The molecule has 0 bridgehead atoms. The van der Waals surface area contributed by atoms with Gasteiger partial charge in [-0.15, -0.1) is 0 Å². The van der Waals surface area contributed by atoms with Gasteiger partial charge in [0.25, 0.3) is 0 Å². The predicted octanol–water partition coefficient (Wildman–Crippen LogP) is 4.71. The molecule has 0 aliphatic carbocycles. The van der Waals surface area contributed by atoms with E-state index in [9.17, 15) is 14.4 Å². The van der Waals surface area contributed by atoms with Crippen LogP contribution in [0.3, 0.4) is 0 Å². The van der Waals surface area contributed by atoms with E-state index in [4.69, 9.17) is 21.3 Å². The summed E-state index contributed by atoms with van der Waals surface area (Å²) in [5.41, 5.74) is 1.94. The molecular weight excluding hydrogens is 445 g/mol. The van der Waals surface area contributed by atoms with E-state index < -0.39 is 5.82 Å². The second kappa shape index (κ2) is 9.61. The third-order valence-electron chi connectivity index (χ3n) is 5.37. The largest absolute Gasteiger partial charge is 0.489 e. The number of amides is 1. The minimum absolute atomic E-state index is 0.000106. The molecule has 0 fully saturated rings. The second-order valence-electron chi connectivity index (χ2n) is 8.03. The number of aromatic nitrogens is 1. The number of halogens is 2. The topological polar surface area (TPSA) is 81.5 Å². The molecule has 1 aliphatic heterocycles. The number of benzene rings is 2. The van der Waals surface area contributed by atoms with Crippen molar-refractivity contribution in [3.63, 3.8) is 0 Å². The fourth-order valence-corrected chi connectivity index (χ4v) is 3.95. The van der Waals surface area contributed by atoms with Gasteiger partial charge < -0.3 is 19.9 Å². The first-order valence-corrected chi connectivity index (χ1v) is 10.9. The summed E-state index contributed by atoms with van der Waals surface area (Å²) in [4.78, 5) is 21.5. The summed E-state index contributed by atoms with van der Waals surface area (Å²) >= 11 is 5.89. The average Bonchev–Trinajstić information content (AvgIpc) is 2.80. The summed E-state index contributed by atoms with van der Waals surface area (Å²) in [6.07, 6.45) is 1.15. The molecule has 1 amide bonds. The normalized spacial score (nSPS) is 12.9. The van der Waals surface area contributed by atoms with Crippen LogP contribution in [0, 0.1) is 17.1 Å². The lowest BCUT2D eigenvalue weighted by molar-refractivity contribution is -0.119. The van der Waals surface area contributed by atoms with Gasteiger partial charge in [0.05, 0.1) is 17.1 Å². The van der Waals surface area contributed by atoms with Crippen molar-refractivity contribution in [2.45, 2.75) is 12.8 Å². The Morgan fingerprint density at radius 2 is 2.15 bits per heavy atom. The number of nitrogens with one attached hydrogen (secondary N) is 1. The Labute approximate surface area is 196 Å². The van der Waals surface area contributed by atoms with Crippen molar-refractivity contribution in [3.05, 3.63) is 52.8 Å². The van der Waals surface area contributed by atoms with E-state index in [1.54, 1.807) is 17.0 Å². The van der Waals surface area contributed by atoms with Crippen molar-refractivity contribution in [1.82, 2.24) is 9.88 Å². The van der Waals surface area contributed by atoms with E-state index >= 15 is 0 Å². The van der Waals surface area contributed by atoms with Crippen LogP contribution in [0.15, 0.2) is 36.4 Å². The number of hydrogen-bond donors (Lipinski definition) is 1. The van der Waals surface area contributed by atoms with Gasteiger partial charge in [-0.1, -0.05) is 11.6 Å². The van der Waals surface area contributed by atoms with Crippen LogP contribution in [-0.2, 0) is 4.79 Å². The van der Waals surface area contributed by atoms with Gasteiger partial charge in [-0.2, -0.15) is 5.26 Å². The minimum atomic E-state index is -0.538. The number of carbonyl (C=O) groups is 1. The molecule has 4 rings (SSSR count). The van der Waals surface area contributed by atoms with Gasteiger partial charge in [-0.05, 0) is 63.5 Å². The number of anilines is 3. The van der Waals surface area contributed by atoms with Crippen LogP contribution in [0.2, 0.25) is 5.02 Å². The van der Waals surface area contributed by atoms with E-state index in [-0.39, 0.29) is 16.7 Å². The fraction of sp³-hybridized carbons (Fsp3) is 0.292. The zero-order valence-corrected chi connectivity index (χ0v) is 19.1. The lowest BCUT2D eigenvalue weighted by Gasteiger charge is -2.30. The molecule has 170 valence electrons. The van der Waals surface area contributed by atoms with Crippen molar-refractivity contribution >= 4 is 45.6 Å². The van der Waals surface area contributed by atoms with Gasteiger partial charge in [0, 0.05) is 17.5 Å². The van der Waals surface area contributed by atoms with Crippen LogP contribution in [0.4, 0.5) is 21.6 Å². The summed E-state index contributed by atoms with van der Waals surface area (Å²) < 4.78 is 19.4. The summed E-state index contributed by atoms with van der Waals surface area (Å²) in [5, 5.41) is 13.4. The smallest absolute Gasteiger partial charge is 0.227 e. The maximum absolute atomic E-state index is 13.5. The van der Waals surface area contributed by atoms with E-state index in [2.05, 4.69) is 11.4 Å². The Kier molecular flexibility index (Phi) is 6.63. The zero-order valence-electron chi connectivity index (χ0n) is 18.4. The molecule has 9 heteroatoms. The number of nitrogens with zero attached hydrogens (tertiary/aromatic N) is 4. The third-order valence-corrected chi connectivity index (χ3v) is 5.66. The number of rotatable bonds is 6. The Morgan fingerprint density at radius 3 is 2.88 bits per heavy atom. The third kappa shape index (κ3) is 4.85. The number of nitriles is 1. The quantitative estimate of drug-likeness (QED) is 0.565. The lowest BCUT2D eigenvalue weighted by Crippen LogP contribution is -2.38. The van der Waals surface area contributed by atoms with Crippen molar-refractivity contribution in [2.75, 3.05) is 44.0 Å². The number of fused-ring (bicyclic) bond motifs is 3. The Bertz CT molecular complexity index is 1260. The molecule has 2 heterocycles. The summed E-state index contributed by atoms with van der Waals surface area (Å²) in [6, 6.07) is 11.6. The monoisotopic (exact) mass is 467 g/mol. The lowest BCUT2D eigenvalue weighted by atomic mass is 10.1. The molecule has 0 atom stereocenters. The fourth-order valence-electron chi connectivity index (χ4n) is 3.76. The van der Waals surface area contributed by atoms with E-state index in [1.165, 1.54) is 18.2 Å². The summed E-state index contributed by atoms with van der Waals surface area (Å²) in [6.45, 7) is 1.63. The van der Waals surface area contributed by atoms with Crippen LogP contribution in [0.25, 0.3) is 10.9 Å². The van der Waals surface area contributed by atoms with E-state index in [0.29, 0.717) is 53.2 Å². The molecule has 0 saturated heterocycles. The van der Waals surface area contributed by atoms with Gasteiger partial charge in [-0.3, -0.25) is 4.79 Å². The van der Waals surface area contributed by atoms with E-state index in [1.807, 2.05) is 25.1 Å². The molecule has 33 heavy (non-hydrogen) atoms. The van der Waals surface area contributed by atoms with Crippen LogP contribution < -0.4 is 15.0 Å². The van der Waals surface area contributed by atoms with Crippen LogP contribution in [0.5, 0.6) is 5.75 Å². The van der Waals surface area contributed by atoms with Gasteiger partial charge in [-0.25, -0.2) is 9.37 Å². The molecule has 3 aromatic rings. The van der Waals surface area contributed by atoms with Gasteiger partial charge in [0.2, 0.25) is 5.91 Å². The number of pyridine rings is 1. The number of carbonyl (C=O) groups excluding carboxylic acids is 1. The van der Waals surface area contributed by atoms with Gasteiger partial charge >= 0.3 is 0 Å². The van der Waals surface area contributed by atoms with Crippen molar-refractivity contribution in [2.24, 2.45) is 0 Å². The molecule has 0 spiro atoms. The van der Waals surface area contributed by atoms with Crippen LogP contribution >= 0.6 is 11.6 Å². The van der Waals surface area contributed by atoms with Gasteiger partial charge in [0.15, 0.2) is 0 Å². The predicted molar refractivity (Wildman–Crippen MR) is 127 cm³/mol. The van der Waals surface area contributed by atoms with Crippen molar-refractivity contribution < 1.29 is 13.9 Å². The SMILES string of the molecule is CN(C)CCCC(=O)N1CCOc2ccc3cc(C#N)c(Nc4ccc(F)c(Cl)c4)nc3c21. The van der Waals surface area contributed by atoms with Crippen molar-refractivity contribution in [1.29, 1.82) is 5.26 Å². The van der Waals surface area contributed by atoms with Gasteiger partial charge in [0.1, 0.15) is 41.3 Å². The average molecular weight is 468 g/mol. The Morgan fingerprint density at radius 1 is 1.33 bits per heavy atom. The molecular formula is C24H23ClFN5O2. The molecule has 0 unspecified atom stereocenters. The molecule has 1 aromatic heterocycles. The second-order valence-corrected chi connectivity index (χ2v) is 8.44. The minimum Gasteiger partial charge on any atom is -0.489 e. The number of ether oxygens (including phenoxy) is 1. The standard InChI is InChI=1S/C24H23ClFN5O2/c1-30(2)9-3-4-21(32)31-10-11-33-20-8-5-15-12-16(14-27)24(29-22(15)23(20)31)28-17-6-7-19(26)18(25)13-17/h5-8,12-13H,3-4,9-11H2,1-2H3,(H,28,29). The summed E-state index contributed by atoms with van der Waals surface area (Å²) in [5.74, 6) is 0.318. The highest BCUT2D eigenvalue weighted by Gasteiger charge is 2.27. The summed E-state index contributed by atoms with van der Waals surface area (Å²) in [7, 11) is 3.95. The maximum Gasteiger partial charge on any atom is 0.227 e. The van der Waals surface area contributed by atoms with Crippen LogP contribution in [-0.4, -0.2) is 49.6 Å². The first-order chi connectivity index (χ1) is 15.9. The maximum atomic E-state index is 13.5. The first kappa shape index (κ1) is 22.8. The molecule has 2 aromatic carbocycles. The molecule has 0 radical (unpaired) electrons. The zero-order chi connectivity index (χ0) is 23.5. The highest BCUT2D eigenvalue weighted by molar-refractivity contribution is 6.31. The molecule has 0 saturated carbocycles. The van der Waals surface area contributed by atoms with Crippen molar-refractivity contribution in [3.8, 4) is 11.8 Å². The Balaban J connectivity index is 1.75. The molecule has 1 aliphatic rings. The highest BCUT2D eigenvalue weighted by Crippen LogP contribution is 2.39. The molecule has 7 nitrogen and oxygen atoms in total. The van der Waals surface area contributed by atoms with Crippen LogP contribution in [0.1, 0.15) is 18.4 Å².